The van der Waals surface area contributed by atoms with E-state index in [9.17, 15) is 18.3 Å². The van der Waals surface area contributed by atoms with Gasteiger partial charge in [0.1, 0.15) is 5.82 Å². The van der Waals surface area contributed by atoms with Gasteiger partial charge in [-0.15, -0.1) is 0 Å². The van der Waals surface area contributed by atoms with Crippen LogP contribution in [0.5, 0.6) is 5.75 Å². The molecule has 4 heterocycles. The average Bonchev–Trinajstić information content (AvgIpc) is 3.59. The lowest BCUT2D eigenvalue weighted by atomic mass is 9.92. The molecule has 0 unspecified atom stereocenters. The Balaban J connectivity index is 1.14. The molecule has 0 saturated carbocycles. The molecule has 2 fully saturated rings. The van der Waals surface area contributed by atoms with E-state index in [1.165, 1.54) is 0 Å². The SMILES string of the molecule is C[C@H](Oc1cnc(N2C[C@H](c3cc(F)c(F)cc3F)[C@@H](N)C2)nc1)C1CCN(c2nc(C(C)(C)CO)no2)CC1. The summed E-state index contributed by atoms with van der Waals surface area (Å²) in [5, 5.41) is 13.6. The van der Waals surface area contributed by atoms with E-state index in [0.29, 0.717) is 42.1 Å². The van der Waals surface area contributed by atoms with Crippen molar-refractivity contribution in [3.63, 3.8) is 0 Å². The van der Waals surface area contributed by atoms with Crippen LogP contribution in [0.2, 0.25) is 0 Å². The van der Waals surface area contributed by atoms with Crippen LogP contribution in [0.4, 0.5) is 25.1 Å². The number of piperidine rings is 1. The van der Waals surface area contributed by atoms with E-state index in [1.807, 2.05) is 25.7 Å². The van der Waals surface area contributed by atoms with Gasteiger partial charge in [0.05, 0.1) is 30.5 Å². The third kappa shape index (κ3) is 5.71. The maximum absolute atomic E-state index is 14.3. The topological polar surface area (TPSA) is 127 Å². The van der Waals surface area contributed by atoms with Crippen LogP contribution in [0.25, 0.3) is 0 Å². The summed E-state index contributed by atoms with van der Waals surface area (Å²) in [5.74, 6) is -1.97. The summed E-state index contributed by atoms with van der Waals surface area (Å²) in [4.78, 5) is 17.1. The van der Waals surface area contributed by atoms with Crippen molar-refractivity contribution in [1.29, 1.82) is 0 Å². The molecule has 40 heavy (non-hydrogen) atoms. The fraction of sp³-hybridized carbons (Fsp3) is 0.556. The van der Waals surface area contributed by atoms with Gasteiger partial charge in [0.25, 0.3) is 0 Å². The molecule has 3 aromatic rings. The van der Waals surface area contributed by atoms with Crippen LogP contribution in [-0.2, 0) is 5.41 Å². The number of nitrogens with zero attached hydrogens (tertiary/aromatic N) is 6. The Hall–Kier alpha value is -3.45. The molecule has 1 aromatic carbocycles. The number of anilines is 2. The highest BCUT2D eigenvalue weighted by Crippen LogP contribution is 2.32. The Morgan fingerprint density at radius 3 is 2.42 bits per heavy atom. The molecule has 2 aliphatic rings. The predicted molar refractivity (Wildman–Crippen MR) is 141 cm³/mol. The second kappa shape index (κ2) is 11.2. The molecule has 3 N–H and O–H groups in total. The number of aromatic nitrogens is 4. The van der Waals surface area contributed by atoms with Crippen LogP contribution in [0.15, 0.2) is 29.0 Å². The number of ether oxygens (including phenoxy) is 1. The highest BCUT2D eigenvalue weighted by Gasteiger charge is 2.35. The molecule has 0 amide bonds. The fourth-order valence-corrected chi connectivity index (χ4v) is 5.24. The summed E-state index contributed by atoms with van der Waals surface area (Å²) in [7, 11) is 0. The van der Waals surface area contributed by atoms with Gasteiger partial charge in [0.15, 0.2) is 23.2 Å². The Morgan fingerprint density at radius 2 is 1.75 bits per heavy atom. The molecule has 216 valence electrons. The maximum Gasteiger partial charge on any atom is 0.324 e. The molecule has 13 heteroatoms. The molecule has 0 radical (unpaired) electrons. The summed E-state index contributed by atoms with van der Waals surface area (Å²) in [6.07, 6.45) is 4.84. The smallest absolute Gasteiger partial charge is 0.324 e. The first-order valence-electron chi connectivity index (χ1n) is 13.4. The van der Waals surface area contributed by atoms with E-state index >= 15 is 0 Å². The molecule has 0 spiro atoms. The normalized spacial score (nSPS) is 21.2. The standard InChI is InChI=1S/C27H34F3N7O3/c1-15(16-4-6-36(7-5-16)26-34-24(35-40-26)27(2,3)14-38)39-17-10-32-25(33-11-17)37-12-19(23(31)13-37)18-8-21(29)22(30)9-20(18)28/h8-11,15-16,19,23,38H,4-7,12-14,31H2,1-3H3/t15-,19+,23-/m0/s1. The van der Waals surface area contributed by atoms with Gasteiger partial charge in [-0.2, -0.15) is 4.98 Å². The van der Waals surface area contributed by atoms with Gasteiger partial charge >= 0.3 is 6.01 Å². The molecular weight excluding hydrogens is 527 g/mol. The van der Waals surface area contributed by atoms with Crippen LogP contribution in [0, 0.1) is 23.4 Å². The Bertz CT molecular complexity index is 1320. The maximum atomic E-state index is 14.3. The zero-order chi connectivity index (χ0) is 28.6. The van der Waals surface area contributed by atoms with Crippen molar-refractivity contribution in [3.05, 3.63) is 53.4 Å². The van der Waals surface area contributed by atoms with Gasteiger partial charge in [-0.25, -0.2) is 23.1 Å². The first kappa shape index (κ1) is 28.1. The second-order valence-corrected chi connectivity index (χ2v) is 11.3. The molecule has 10 nitrogen and oxygen atoms in total. The molecule has 2 aliphatic heterocycles. The minimum atomic E-state index is -1.23. The molecule has 0 aliphatic carbocycles. The number of hydrogen-bond donors (Lipinski definition) is 2. The molecule has 2 aromatic heterocycles. The number of hydrogen-bond acceptors (Lipinski definition) is 10. The van der Waals surface area contributed by atoms with Gasteiger partial charge in [-0.3, -0.25) is 0 Å². The van der Waals surface area contributed by atoms with Gasteiger partial charge < -0.3 is 29.9 Å². The quantitative estimate of drug-likeness (QED) is 0.396. The number of rotatable bonds is 8. The van der Waals surface area contributed by atoms with E-state index < -0.39 is 34.8 Å². The van der Waals surface area contributed by atoms with E-state index in [0.717, 1.165) is 32.0 Å². The van der Waals surface area contributed by atoms with Crippen LogP contribution in [0.1, 0.15) is 50.9 Å². The molecule has 0 bridgehead atoms. The van der Waals surface area contributed by atoms with Crippen molar-refractivity contribution in [2.75, 3.05) is 42.6 Å². The lowest BCUT2D eigenvalue weighted by molar-refractivity contribution is 0.131. The largest absolute Gasteiger partial charge is 0.487 e. The fourth-order valence-electron chi connectivity index (χ4n) is 5.24. The van der Waals surface area contributed by atoms with Crippen molar-refractivity contribution in [3.8, 4) is 5.75 Å². The predicted octanol–water partition coefficient (Wildman–Crippen LogP) is 3.16. The van der Waals surface area contributed by atoms with Crippen LogP contribution in [-0.4, -0.2) is 70.1 Å². The summed E-state index contributed by atoms with van der Waals surface area (Å²) >= 11 is 0. The van der Waals surface area contributed by atoms with Gasteiger partial charge in [0.2, 0.25) is 5.95 Å². The minimum absolute atomic E-state index is 0.0438. The number of aliphatic hydroxyl groups is 1. The number of halogens is 3. The third-order valence-corrected chi connectivity index (χ3v) is 7.91. The zero-order valence-electron chi connectivity index (χ0n) is 22.7. The van der Waals surface area contributed by atoms with Crippen LogP contribution >= 0.6 is 0 Å². The monoisotopic (exact) mass is 561 g/mol. The van der Waals surface area contributed by atoms with Crippen LogP contribution in [0.3, 0.4) is 0 Å². The van der Waals surface area contributed by atoms with Crippen molar-refractivity contribution >= 4 is 12.0 Å². The van der Waals surface area contributed by atoms with E-state index in [1.54, 1.807) is 17.3 Å². The highest BCUT2D eigenvalue weighted by molar-refractivity contribution is 5.39. The number of aliphatic hydroxyl groups excluding tert-OH is 1. The number of benzene rings is 1. The Kier molecular flexibility index (Phi) is 7.87. The Morgan fingerprint density at radius 1 is 1.07 bits per heavy atom. The summed E-state index contributed by atoms with van der Waals surface area (Å²) in [6.45, 7) is 7.76. The molecule has 3 atom stereocenters. The Labute approximate surface area is 230 Å². The minimum Gasteiger partial charge on any atom is -0.487 e. The highest BCUT2D eigenvalue weighted by atomic mass is 19.2. The van der Waals surface area contributed by atoms with Crippen molar-refractivity contribution in [2.45, 2.75) is 57.1 Å². The van der Waals surface area contributed by atoms with E-state index in [-0.39, 0.29) is 24.8 Å². The molecule has 2 saturated heterocycles. The summed E-state index contributed by atoms with van der Waals surface area (Å²) in [6, 6.07) is 1.39. The summed E-state index contributed by atoms with van der Waals surface area (Å²) in [5.41, 5.74) is 5.69. The van der Waals surface area contributed by atoms with Gasteiger partial charge in [-0.05, 0) is 37.3 Å². The van der Waals surface area contributed by atoms with Gasteiger partial charge in [-0.1, -0.05) is 19.0 Å². The first-order chi connectivity index (χ1) is 19.1. The van der Waals surface area contributed by atoms with Gasteiger partial charge in [0, 0.05) is 44.2 Å². The summed E-state index contributed by atoms with van der Waals surface area (Å²) < 4.78 is 53.0. The number of nitrogens with two attached hydrogens (primary N) is 1. The van der Waals surface area contributed by atoms with Crippen molar-refractivity contribution in [2.24, 2.45) is 11.7 Å². The lowest BCUT2D eigenvalue weighted by Gasteiger charge is -2.33. The van der Waals surface area contributed by atoms with E-state index in [4.69, 9.17) is 15.0 Å². The second-order valence-electron chi connectivity index (χ2n) is 11.3. The van der Waals surface area contributed by atoms with E-state index in [2.05, 4.69) is 20.1 Å². The first-order valence-corrected chi connectivity index (χ1v) is 13.4. The van der Waals surface area contributed by atoms with Crippen molar-refractivity contribution in [1.82, 2.24) is 20.1 Å². The lowest BCUT2D eigenvalue weighted by Crippen LogP contribution is -2.39. The van der Waals surface area contributed by atoms with Crippen molar-refractivity contribution < 1.29 is 27.5 Å². The zero-order valence-corrected chi connectivity index (χ0v) is 22.7. The third-order valence-electron chi connectivity index (χ3n) is 7.91. The average molecular weight is 562 g/mol. The van der Waals surface area contributed by atoms with Crippen LogP contribution < -0.4 is 20.3 Å². The molecular formula is C27H34F3N7O3. The molecule has 5 rings (SSSR count).